The second-order valence-corrected chi connectivity index (χ2v) is 6.51. The predicted molar refractivity (Wildman–Crippen MR) is 71.3 cm³/mol. The molecule has 2 aliphatic rings. The molecule has 6 N–H and O–H groups in total. The van der Waals surface area contributed by atoms with Crippen LogP contribution in [0.15, 0.2) is 0 Å². The summed E-state index contributed by atoms with van der Waals surface area (Å²) in [5.74, 6) is 0.0176. The lowest BCUT2D eigenvalue weighted by Crippen LogP contribution is -2.52. The smallest absolute Gasteiger partial charge is 0.0598 e. The van der Waals surface area contributed by atoms with Crippen molar-refractivity contribution in [2.45, 2.75) is 69.4 Å². The highest BCUT2D eigenvalue weighted by Crippen LogP contribution is 2.52. The molecule has 5 unspecified atom stereocenters. The quantitative estimate of drug-likeness (QED) is 0.487. The number of nitrogens with two attached hydrogens (primary N) is 1. The molecule has 2 fully saturated rings. The lowest BCUT2D eigenvalue weighted by atomic mass is 9.55. The fourth-order valence-electron chi connectivity index (χ4n) is 4.36. The molecule has 5 nitrogen and oxygen atoms in total. The Morgan fingerprint density at radius 2 is 1.42 bits per heavy atom. The minimum atomic E-state index is -0.562. The Kier molecular flexibility index (Phi) is 4.84. The van der Waals surface area contributed by atoms with Gasteiger partial charge in [-0.25, -0.2) is 0 Å². The Morgan fingerprint density at radius 1 is 0.895 bits per heavy atom. The number of rotatable bonds is 3. The summed E-state index contributed by atoms with van der Waals surface area (Å²) >= 11 is 0. The van der Waals surface area contributed by atoms with Gasteiger partial charge in [0.25, 0.3) is 0 Å². The largest absolute Gasteiger partial charge is 0.393 e. The predicted octanol–water partition coefficient (Wildman–Crippen LogP) is -0.251. The number of hydrogen-bond donors (Lipinski definition) is 5. The van der Waals surface area contributed by atoms with Gasteiger partial charge in [0, 0.05) is 0 Å². The van der Waals surface area contributed by atoms with Gasteiger partial charge in [0.15, 0.2) is 0 Å². The normalized spacial score (nSPS) is 47.5. The number of hydrogen-bond acceptors (Lipinski definition) is 5. The molecular formula is C14H27NO4. The fourth-order valence-corrected chi connectivity index (χ4v) is 4.36. The van der Waals surface area contributed by atoms with E-state index in [2.05, 4.69) is 0 Å². The van der Waals surface area contributed by atoms with E-state index in [4.69, 9.17) is 5.73 Å². The molecule has 19 heavy (non-hydrogen) atoms. The van der Waals surface area contributed by atoms with Crippen molar-refractivity contribution >= 4 is 0 Å². The van der Waals surface area contributed by atoms with Gasteiger partial charge < -0.3 is 26.2 Å². The SMILES string of the molecule is NCCCC1C(O)CC(O)CC12CC(O)CC(O)C2. The van der Waals surface area contributed by atoms with Gasteiger partial charge in [-0.05, 0) is 62.8 Å². The molecule has 0 bridgehead atoms. The van der Waals surface area contributed by atoms with Crippen LogP contribution in [-0.4, -0.2) is 51.4 Å². The summed E-state index contributed by atoms with van der Waals surface area (Å²) in [6, 6.07) is 0. The fraction of sp³-hybridized carbons (Fsp3) is 1.00. The Labute approximate surface area is 114 Å². The van der Waals surface area contributed by atoms with Crippen LogP contribution in [0.3, 0.4) is 0 Å². The van der Waals surface area contributed by atoms with Crippen LogP contribution in [-0.2, 0) is 0 Å². The number of aliphatic hydroxyl groups excluding tert-OH is 4. The van der Waals surface area contributed by atoms with Crippen LogP contribution >= 0.6 is 0 Å². The van der Waals surface area contributed by atoms with Crippen molar-refractivity contribution in [1.29, 1.82) is 0 Å². The van der Waals surface area contributed by atoms with Gasteiger partial charge in [-0.15, -0.1) is 0 Å². The first-order valence-corrected chi connectivity index (χ1v) is 7.39. The summed E-state index contributed by atoms with van der Waals surface area (Å²) in [7, 11) is 0. The van der Waals surface area contributed by atoms with Crippen molar-refractivity contribution in [3.8, 4) is 0 Å². The van der Waals surface area contributed by atoms with Crippen LogP contribution in [0.5, 0.6) is 0 Å². The van der Waals surface area contributed by atoms with E-state index in [1.807, 2.05) is 0 Å². The molecule has 0 aromatic heterocycles. The zero-order valence-electron chi connectivity index (χ0n) is 11.4. The van der Waals surface area contributed by atoms with Crippen LogP contribution in [0.4, 0.5) is 0 Å². The van der Waals surface area contributed by atoms with Crippen LogP contribution in [0.25, 0.3) is 0 Å². The maximum Gasteiger partial charge on any atom is 0.0598 e. The maximum atomic E-state index is 10.3. The Hall–Kier alpha value is -0.200. The summed E-state index contributed by atoms with van der Waals surface area (Å²) in [5.41, 5.74) is 5.22. The second kappa shape index (κ2) is 6.06. The summed E-state index contributed by atoms with van der Waals surface area (Å²) in [6.07, 6.45) is 1.92. The minimum Gasteiger partial charge on any atom is -0.393 e. The van der Waals surface area contributed by atoms with E-state index < -0.39 is 24.4 Å². The average molecular weight is 273 g/mol. The molecule has 5 atom stereocenters. The van der Waals surface area contributed by atoms with E-state index in [1.54, 1.807) is 0 Å². The third-order valence-corrected chi connectivity index (χ3v) is 4.95. The van der Waals surface area contributed by atoms with Crippen LogP contribution in [0, 0.1) is 11.3 Å². The van der Waals surface area contributed by atoms with Crippen molar-refractivity contribution in [1.82, 2.24) is 0 Å². The lowest BCUT2D eigenvalue weighted by Gasteiger charge is -2.52. The highest BCUT2D eigenvalue weighted by Gasteiger charge is 2.51. The summed E-state index contributed by atoms with van der Waals surface area (Å²) in [5, 5.41) is 40.2. The van der Waals surface area contributed by atoms with Crippen LogP contribution < -0.4 is 5.73 Å². The van der Waals surface area contributed by atoms with Gasteiger partial charge in [-0.2, -0.15) is 0 Å². The molecule has 2 saturated carbocycles. The zero-order valence-corrected chi connectivity index (χ0v) is 11.4. The number of aliphatic hydroxyl groups is 4. The molecule has 0 aliphatic heterocycles. The summed E-state index contributed by atoms with van der Waals surface area (Å²) < 4.78 is 0. The van der Waals surface area contributed by atoms with Crippen molar-refractivity contribution in [2.75, 3.05) is 6.54 Å². The molecule has 0 saturated heterocycles. The first kappa shape index (κ1) is 15.2. The van der Waals surface area contributed by atoms with Gasteiger partial charge in [-0.1, -0.05) is 0 Å². The second-order valence-electron chi connectivity index (χ2n) is 6.51. The molecule has 2 rings (SSSR count). The monoisotopic (exact) mass is 273 g/mol. The molecule has 112 valence electrons. The first-order chi connectivity index (χ1) is 8.97. The highest BCUT2D eigenvalue weighted by atomic mass is 16.3. The highest BCUT2D eigenvalue weighted by molar-refractivity contribution is 5.01. The lowest BCUT2D eigenvalue weighted by molar-refractivity contribution is -0.139. The zero-order chi connectivity index (χ0) is 14.0. The van der Waals surface area contributed by atoms with Crippen molar-refractivity contribution in [3.05, 3.63) is 0 Å². The summed E-state index contributed by atoms with van der Waals surface area (Å²) in [6.45, 7) is 0.576. The molecule has 0 radical (unpaired) electrons. The standard InChI is InChI=1S/C14H27NO4/c15-3-1-2-12-13(19)5-11(18)8-14(12)6-9(16)4-10(17)7-14/h9-13,16-19H,1-8,15H2. The molecule has 0 heterocycles. The Balaban J connectivity index is 2.19. The third-order valence-electron chi connectivity index (χ3n) is 4.95. The van der Waals surface area contributed by atoms with Crippen molar-refractivity contribution in [3.63, 3.8) is 0 Å². The first-order valence-electron chi connectivity index (χ1n) is 7.39. The van der Waals surface area contributed by atoms with Gasteiger partial charge in [0.05, 0.1) is 24.4 Å². The molecule has 5 heteroatoms. The van der Waals surface area contributed by atoms with E-state index >= 15 is 0 Å². The Bertz CT molecular complexity index is 278. The molecule has 0 aromatic rings. The topological polar surface area (TPSA) is 107 Å². The van der Waals surface area contributed by atoms with Crippen molar-refractivity contribution < 1.29 is 20.4 Å². The Morgan fingerprint density at radius 3 is 1.95 bits per heavy atom. The molecular weight excluding hydrogens is 246 g/mol. The van der Waals surface area contributed by atoms with Gasteiger partial charge in [0.1, 0.15) is 0 Å². The molecule has 1 spiro atoms. The maximum absolute atomic E-state index is 10.3. The van der Waals surface area contributed by atoms with E-state index in [0.717, 1.165) is 12.8 Å². The minimum absolute atomic E-state index is 0.0176. The van der Waals surface area contributed by atoms with E-state index in [-0.39, 0.29) is 11.3 Å². The molecule has 2 aliphatic carbocycles. The van der Waals surface area contributed by atoms with E-state index in [0.29, 0.717) is 38.6 Å². The van der Waals surface area contributed by atoms with Crippen LogP contribution in [0.2, 0.25) is 0 Å². The average Bonchev–Trinajstić information content (AvgIpc) is 2.25. The van der Waals surface area contributed by atoms with Gasteiger partial charge in [-0.3, -0.25) is 0 Å². The van der Waals surface area contributed by atoms with Gasteiger partial charge >= 0.3 is 0 Å². The third kappa shape index (κ3) is 3.28. The van der Waals surface area contributed by atoms with E-state index in [9.17, 15) is 20.4 Å². The van der Waals surface area contributed by atoms with Crippen molar-refractivity contribution in [2.24, 2.45) is 17.1 Å². The van der Waals surface area contributed by atoms with Crippen LogP contribution in [0.1, 0.15) is 44.9 Å². The van der Waals surface area contributed by atoms with E-state index in [1.165, 1.54) is 0 Å². The van der Waals surface area contributed by atoms with Gasteiger partial charge in [0.2, 0.25) is 0 Å². The molecule has 0 amide bonds. The molecule has 0 aromatic carbocycles. The summed E-state index contributed by atoms with van der Waals surface area (Å²) in [4.78, 5) is 0.